The van der Waals surface area contributed by atoms with Crippen LogP contribution in [0, 0.1) is 0 Å². The summed E-state index contributed by atoms with van der Waals surface area (Å²) in [6, 6.07) is 29.7. The van der Waals surface area contributed by atoms with Crippen LogP contribution in [0.1, 0.15) is 95.3 Å². The first-order valence-electron chi connectivity index (χ1n) is 27.9. The van der Waals surface area contributed by atoms with Crippen LogP contribution in [-0.2, 0) is 45.1 Å². The van der Waals surface area contributed by atoms with E-state index in [9.17, 15) is 14.4 Å². The van der Waals surface area contributed by atoms with E-state index in [1.165, 1.54) is 12.8 Å². The second-order valence-electron chi connectivity index (χ2n) is 21.5. The van der Waals surface area contributed by atoms with Gasteiger partial charge in [-0.3, -0.25) is 24.3 Å². The van der Waals surface area contributed by atoms with Gasteiger partial charge in [-0.2, -0.15) is 0 Å². The molecule has 3 amide bonds. The summed E-state index contributed by atoms with van der Waals surface area (Å²) >= 11 is 0. The number of carbonyl (C=O) groups excluding carboxylic acids is 3. The minimum absolute atomic E-state index is 0.0216. The molecular weight excluding hydrogens is 1050 g/mol. The molecule has 5 aliphatic rings. The van der Waals surface area contributed by atoms with Gasteiger partial charge in [-0.1, -0.05) is 70.8 Å². The van der Waals surface area contributed by atoms with E-state index in [2.05, 4.69) is 59.7 Å². The third kappa shape index (κ3) is 13.5. The fourth-order valence-corrected chi connectivity index (χ4v) is 13.9. The SMILES string of the molecule is COCCOCCOCCN(CC(C)(C)SSCCCC(=O)NC1CCCC1)c1cc(COc2cc3c(cc2OC)C(=O)N2c4ccccc4C[C@H]2C=N3)cc(COc2cc3c(cc2OC)C(=O)N2c4ccccc4C[C@H]2CN3)c1. The van der Waals surface area contributed by atoms with Crippen LogP contribution in [0.2, 0.25) is 0 Å². The van der Waals surface area contributed by atoms with Crippen molar-refractivity contribution in [1.82, 2.24) is 5.32 Å². The van der Waals surface area contributed by atoms with Crippen LogP contribution in [0.3, 0.4) is 0 Å². The Kier molecular flexibility index (Phi) is 18.8. The zero-order chi connectivity index (χ0) is 55.6. The highest BCUT2D eigenvalue weighted by Gasteiger charge is 2.39. The second-order valence-corrected chi connectivity index (χ2v) is 24.6. The van der Waals surface area contributed by atoms with Crippen LogP contribution < -0.4 is 44.3 Å². The number of nitrogens with one attached hydrogen (secondary N) is 2. The Labute approximate surface area is 478 Å². The van der Waals surface area contributed by atoms with Gasteiger partial charge in [0.1, 0.15) is 13.2 Å². The van der Waals surface area contributed by atoms with E-state index in [-0.39, 0.29) is 47.8 Å². The highest BCUT2D eigenvalue weighted by Crippen LogP contribution is 2.44. The quantitative estimate of drug-likeness (QED) is 0.0377. The van der Waals surface area contributed by atoms with Crippen molar-refractivity contribution in [3.05, 3.63) is 124 Å². The Morgan fingerprint density at radius 3 is 2.10 bits per heavy atom. The van der Waals surface area contributed by atoms with Crippen LogP contribution in [-0.4, -0.2) is 127 Å². The summed E-state index contributed by atoms with van der Waals surface area (Å²) in [6.07, 6.45) is 9.19. The van der Waals surface area contributed by atoms with Gasteiger partial charge in [-0.25, -0.2) is 0 Å². The summed E-state index contributed by atoms with van der Waals surface area (Å²) in [6.45, 7) is 8.99. The van der Waals surface area contributed by atoms with Gasteiger partial charge < -0.3 is 53.6 Å². The molecule has 0 spiro atoms. The van der Waals surface area contributed by atoms with Crippen molar-refractivity contribution >= 4 is 74.0 Å². The summed E-state index contributed by atoms with van der Waals surface area (Å²) < 4.78 is 42.1. The van der Waals surface area contributed by atoms with Gasteiger partial charge in [0.2, 0.25) is 5.91 Å². The van der Waals surface area contributed by atoms with E-state index in [1.807, 2.05) is 69.3 Å². The molecule has 4 aliphatic heterocycles. The molecule has 0 aromatic heterocycles. The van der Waals surface area contributed by atoms with Gasteiger partial charge in [0, 0.05) is 91.5 Å². The minimum atomic E-state index is -0.232. The predicted molar refractivity (Wildman–Crippen MR) is 319 cm³/mol. The number of aliphatic imine (C=N–C) groups is 1. The van der Waals surface area contributed by atoms with Crippen molar-refractivity contribution in [3.8, 4) is 23.0 Å². The van der Waals surface area contributed by atoms with Crippen molar-refractivity contribution in [2.24, 2.45) is 4.99 Å². The topological polar surface area (TPSA) is 162 Å². The summed E-state index contributed by atoms with van der Waals surface area (Å²) in [5.41, 5.74) is 8.94. The van der Waals surface area contributed by atoms with E-state index < -0.39 is 0 Å². The molecule has 5 aromatic carbocycles. The van der Waals surface area contributed by atoms with E-state index in [0.29, 0.717) is 117 Å². The molecule has 5 aromatic rings. The predicted octanol–water partition coefficient (Wildman–Crippen LogP) is 10.6. The number of anilines is 4. The highest BCUT2D eigenvalue weighted by atomic mass is 33.1. The largest absolute Gasteiger partial charge is 0.493 e. The fraction of sp³-hybridized carbons (Fsp3) is 0.452. The van der Waals surface area contributed by atoms with Crippen LogP contribution in [0.4, 0.5) is 28.4 Å². The Morgan fingerprint density at radius 1 is 0.750 bits per heavy atom. The molecule has 1 saturated carbocycles. The zero-order valence-corrected chi connectivity index (χ0v) is 48.2. The number of rotatable bonds is 27. The maximum absolute atomic E-state index is 14.3. The molecule has 2 atom stereocenters. The maximum atomic E-state index is 14.3. The number of benzene rings is 5. The third-order valence-electron chi connectivity index (χ3n) is 15.2. The van der Waals surface area contributed by atoms with E-state index >= 15 is 0 Å². The molecule has 10 rings (SSSR count). The van der Waals surface area contributed by atoms with E-state index in [1.54, 1.807) is 50.3 Å². The van der Waals surface area contributed by atoms with E-state index in [0.717, 1.165) is 70.8 Å². The van der Waals surface area contributed by atoms with Crippen molar-refractivity contribution in [2.75, 3.05) is 99.8 Å². The molecule has 80 heavy (non-hydrogen) atoms. The summed E-state index contributed by atoms with van der Waals surface area (Å²) in [7, 11) is 8.44. The number of fused-ring (bicyclic) bond motifs is 8. The number of hydrogen-bond donors (Lipinski definition) is 2. The monoisotopic (exact) mass is 1130 g/mol. The summed E-state index contributed by atoms with van der Waals surface area (Å²) in [5, 5.41) is 6.79. The maximum Gasteiger partial charge on any atom is 0.261 e. The van der Waals surface area contributed by atoms with Gasteiger partial charge >= 0.3 is 0 Å². The molecule has 0 bridgehead atoms. The average Bonchev–Trinajstić information content (AvgIpc) is 4.23. The molecule has 2 N–H and O–H groups in total. The normalized spacial score (nSPS) is 17.1. The van der Waals surface area contributed by atoms with Crippen molar-refractivity contribution in [3.63, 3.8) is 0 Å². The Balaban J connectivity index is 0.911. The number of nitrogens with zero attached hydrogens (tertiary/aromatic N) is 4. The molecule has 1 aliphatic carbocycles. The van der Waals surface area contributed by atoms with Crippen LogP contribution >= 0.6 is 21.6 Å². The Bertz CT molecular complexity index is 3040. The molecule has 0 saturated heterocycles. The standard InChI is InChI=1S/C62H74N6O10S2/c1-62(2,80-79-26-12-19-59(69)65-45-15-8-9-16-45)40-66(20-21-75-24-25-76-23-22-72-3)46-28-41(38-77-57-34-51-49(32-55(57)73-4)60(70)67-47(36-63-51)30-43-13-6-10-17-53(43)67)27-42(29-46)39-78-58-35-52-50(33-56(58)74-5)61(71)68-48(37-64-52)31-44-14-7-11-18-54(44)68/h6-7,10-11,13-14,17-18,27-29,32-36,45,47-48,64H,8-9,12,15-16,19-26,30-31,37-40H2,1-5H3,(H,65,69)/t47-,48-/m0/s1. The van der Waals surface area contributed by atoms with Crippen LogP contribution in [0.25, 0.3) is 0 Å². The summed E-state index contributed by atoms with van der Waals surface area (Å²) in [5.74, 6) is 2.59. The summed E-state index contributed by atoms with van der Waals surface area (Å²) in [4.78, 5) is 52.2. The van der Waals surface area contributed by atoms with Crippen LogP contribution in [0.15, 0.2) is 96.0 Å². The van der Waals surface area contributed by atoms with Crippen LogP contribution in [0.5, 0.6) is 23.0 Å². The Morgan fingerprint density at radius 2 is 1.39 bits per heavy atom. The lowest BCUT2D eigenvalue weighted by atomic mass is 10.1. The number of methoxy groups -OCH3 is 3. The second kappa shape index (κ2) is 26.4. The van der Waals surface area contributed by atoms with E-state index in [4.69, 9.17) is 38.2 Å². The third-order valence-corrected chi connectivity index (χ3v) is 18.6. The van der Waals surface area contributed by atoms with Gasteiger partial charge in [0.25, 0.3) is 11.8 Å². The number of hydrogen-bond acceptors (Lipinski definition) is 15. The number of amides is 3. The van der Waals surface area contributed by atoms with Crippen molar-refractivity contribution in [2.45, 2.75) is 101 Å². The molecule has 0 radical (unpaired) electrons. The first-order valence-corrected chi connectivity index (χ1v) is 30.2. The number of ether oxygens (including phenoxy) is 7. The molecule has 16 nitrogen and oxygen atoms in total. The molecule has 4 heterocycles. The lowest BCUT2D eigenvalue weighted by Crippen LogP contribution is -2.39. The smallest absolute Gasteiger partial charge is 0.261 e. The zero-order valence-electron chi connectivity index (χ0n) is 46.6. The molecular formula is C62H74N6O10S2. The van der Waals surface area contributed by atoms with Crippen molar-refractivity contribution < 1.29 is 47.5 Å². The molecule has 1 fully saturated rings. The van der Waals surface area contributed by atoms with Crippen molar-refractivity contribution in [1.29, 1.82) is 0 Å². The average molecular weight is 1130 g/mol. The number of carbonyl (C=O) groups is 3. The minimum Gasteiger partial charge on any atom is -0.493 e. The molecule has 424 valence electrons. The van der Waals surface area contributed by atoms with Gasteiger partial charge in [-0.15, -0.1) is 0 Å². The van der Waals surface area contributed by atoms with Gasteiger partial charge in [-0.05, 0) is 104 Å². The Hall–Kier alpha value is -6.44. The molecule has 18 heteroatoms. The lowest BCUT2D eigenvalue weighted by Gasteiger charge is -2.34. The first-order chi connectivity index (χ1) is 39.0. The molecule has 0 unspecified atom stereocenters. The highest BCUT2D eigenvalue weighted by molar-refractivity contribution is 8.77. The first kappa shape index (κ1) is 56.8. The lowest BCUT2D eigenvalue weighted by molar-refractivity contribution is -0.121. The fourth-order valence-electron chi connectivity index (χ4n) is 11.3. The van der Waals surface area contributed by atoms with Gasteiger partial charge in [0.15, 0.2) is 23.0 Å². The number of para-hydroxylation sites is 2. The van der Waals surface area contributed by atoms with Gasteiger partial charge in [0.05, 0.1) is 81.8 Å².